The fraction of sp³-hybridized carbons (Fsp3) is 0.200. The molecule has 0 heterocycles. The summed E-state index contributed by atoms with van der Waals surface area (Å²) in [6.07, 6.45) is 1.45. The van der Waals surface area contributed by atoms with Gasteiger partial charge in [-0.3, -0.25) is 0 Å². The van der Waals surface area contributed by atoms with Crippen LogP contribution in [0.2, 0.25) is 0 Å². The number of nitrogens with one attached hydrogen (secondary N) is 1. The Morgan fingerprint density at radius 1 is 1.78 bits per heavy atom. The van der Waals surface area contributed by atoms with Crippen molar-refractivity contribution in [1.29, 1.82) is 5.41 Å². The van der Waals surface area contributed by atoms with Crippen molar-refractivity contribution < 1.29 is 4.39 Å². The summed E-state index contributed by atoms with van der Waals surface area (Å²) in [5, 5.41) is 6.37. The third-order valence-corrected chi connectivity index (χ3v) is 0.529. The predicted molar refractivity (Wildman–Crippen MR) is 35.3 cm³/mol. The van der Waals surface area contributed by atoms with Crippen molar-refractivity contribution in [3.8, 4) is 0 Å². The summed E-state index contributed by atoms with van der Waals surface area (Å²) in [4.78, 5) is 3.40. The molecule has 0 amide bonds. The molecule has 0 fully saturated rings. The van der Waals surface area contributed by atoms with Crippen LogP contribution in [0.15, 0.2) is 17.0 Å². The molecule has 0 spiro atoms. The molecule has 0 rings (SSSR count). The molecule has 0 saturated heterocycles. The van der Waals surface area contributed by atoms with Crippen LogP contribution in [-0.2, 0) is 0 Å². The van der Waals surface area contributed by atoms with Crippen LogP contribution in [0.1, 0.15) is 6.92 Å². The zero-order chi connectivity index (χ0) is 7.28. The lowest BCUT2D eigenvalue weighted by molar-refractivity contribution is 0.682. The molecule has 3 N–H and O–H groups in total. The maximum Gasteiger partial charge on any atom is 0.158 e. The fourth-order valence-electron chi connectivity index (χ4n) is 0.201. The van der Waals surface area contributed by atoms with Gasteiger partial charge in [-0.05, 0) is 6.92 Å². The van der Waals surface area contributed by atoms with Crippen molar-refractivity contribution >= 4 is 12.1 Å². The predicted octanol–water partition coefficient (Wildman–Crippen LogP) is 0.824. The van der Waals surface area contributed by atoms with Crippen LogP contribution in [0.25, 0.3) is 0 Å². The van der Waals surface area contributed by atoms with E-state index in [1.165, 1.54) is 6.92 Å². The average molecular weight is 129 g/mol. The van der Waals surface area contributed by atoms with E-state index in [1.54, 1.807) is 0 Å². The van der Waals surface area contributed by atoms with Gasteiger partial charge in [0.25, 0.3) is 0 Å². The first-order valence-corrected chi connectivity index (χ1v) is 2.33. The molecule has 3 nitrogen and oxygen atoms in total. The Labute approximate surface area is 52.6 Å². The van der Waals surface area contributed by atoms with Crippen LogP contribution in [0.4, 0.5) is 4.39 Å². The van der Waals surface area contributed by atoms with Gasteiger partial charge in [0, 0.05) is 0 Å². The van der Waals surface area contributed by atoms with Gasteiger partial charge in [-0.25, -0.2) is 9.38 Å². The maximum absolute atomic E-state index is 11.9. The lowest BCUT2D eigenvalue weighted by Gasteiger charge is -1.82. The molecule has 0 radical (unpaired) electrons. The van der Waals surface area contributed by atoms with Gasteiger partial charge in [0.1, 0.15) is 0 Å². The van der Waals surface area contributed by atoms with E-state index >= 15 is 0 Å². The molecule has 0 saturated carbocycles. The standard InChI is InChI=1S/C5H8FN3/c1-4(8)9-3-5(6)2-7/h2-3,7H,1H3,(H2,8,9)/b5-3+,7-2?. The second-order valence-corrected chi connectivity index (χ2v) is 1.43. The van der Waals surface area contributed by atoms with Gasteiger partial charge < -0.3 is 11.1 Å². The van der Waals surface area contributed by atoms with Crippen LogP contribution in [0, 0.1) is 5.41 Å². The highest BCUT2D eigenvalue weighted by Gasteiger charge is 1.82. The number of halogens is 1. The Hall–Kier alpha value is -1.19. The molecule has 0 aliphatic rings. The van der Waals surface area contributed by atoms with Gasteiger partial charge in [-0.1, -0.05) is 0 Å². The SMILES string of the molecule is C/C(N)=N\C=C(\F)C=N. The minimum Gasteiger partial charge on any atom is -0.387 e. The van der Waals surface area contributed by atoms with Crippen molar-refractivity contribution in [1.82, 2.24) is 0 Å². The van der Waals surface area contributed by atoms with Crippen LogP contribution in [0.3, 0.4) is 0 Å². The summed E-state index contributed by atoms with van der Waals surface area (Å²) < 4.78 is 11.9. The van der Waals surface area contributed by atoms with Crippen molar-refractivity contribution in [2.75, 3.05) is 0 Å². The van der Waals surface area contributed by atoms with E-state index in [0.29, 0.717) is 6.21 Å². The lowest BCUT2D eigenvalue weighted by Crippen LogP contribution is -2.03. The minimum atomic E-state index is -0.709. The quantitative estimate of drug-likeness (QED) is 0.421. The van der Waals surface area contributed by atoms with Gasteiger partial charge in [0.15, 0.2) is 5.83 Å². The Morgan fingerprint density at radius 3 is 2.67 bits per heavy atom. The molecule has 9 heavy (non-hydrogen) atoms. The van der Waals surface area contributed by atoms with E-state index in [-0.39, 0.29) is 5.84 Å². The summed E-state index contributed by atoms with van der Waals surface area (Å²) in [7, 11) is 0. The molecule has 0 aliphatic carbocycles. The van der Waals surface area contributed by atoms with Gasteiger partial charge in [0.05, 0.1) is 18.3 Å². The zero-order valence-corrected chi connectivity index (χ0v) is 5.06. The van der Waals surface area contributed by atoms with Gasteiger partial charge in [-0.15, -0.1) is 0 Å². The zero-order valence-electron chi connectivity index (χ0n) is 5.06. The fourth-order valence-corrected chi connectivity index (χ4v) is 0.201. The highest BCUT2D eigenvalue weighted by Crippen LogP contribution is 1.89. The van der Waals surface area contributed by atoms with Crippen LogP contribution in [0.5, 0.6) is 0 Å². The van der Waals surface area contributed by atoms with Crippen molar-refractivity contribution in [2.24, 2.45) is 10.7 Å². The van der Waals surface area contributed by atoms with E-state index in [1.807, 2.05) is 0 Å². The van der Waals surface area contributed by atoms with Crippen molar-refractivity contribution in [3.63, 3.8) is 0 Å². The lowest BCUT2D eigenvalue weighted by atomic mass is 10.6. The van der Waals surface area contributed by atoms with Gasteiger partial charge in [-0.2, -0.15) is 0 Å². The minimum absolute atomic E-state index is 0.270. The van der Waals surface area contributed by atoms with E-state index < -0.39 is 5.83 Å². The Kier molecular flexibility index (Phi) is 3.27. The summed E-state index contributed by atoms with van der Waals surface area (Å²) in [5.41, 5.74) is 5.06. The number of nitrogens with two attached hydrogens (primary N) is 1. The first kappa shape index (κ1) is 7.81. The molecule has 0 aromatic rings. The van der Waals surface area contributed by atoms with Crippen LogP contribution in [-0.4, -0.2) is 12.1 Å². The first-order chi connectivity index (χ1) is 4.16. The van der Waals surface area contributed by atoms with E-state index in [9.17, 15) is 4.39 Å². The van der Waals surface area contributed by atoms with Gasteiger partial charge in [0.2, 0.25) is 0 Å². The molecule has 0 atom stereocenters. The molecule has 4 heteroatoms. The Morgan fingerprint density at radius 2 is 2.33 bits per heavy atom. The number of rotatable bonds is 2. The number of hydrogen-bond donors (Lipinski definition) is 2. The highest BCUT2D eigenvalue weighted by atomic mass is 19.1. The van der Waals surface area contributed by atoms with E-state index in [4.69, 9.17) is 11.1 Å². The van der Waals surface area contributed by atoms with Crippen molar-refractivity contribution in [3.05, 3.63) is 12.0 Å². The molecule has 0 aliphatic heterocycles. The monoisotopic (exact) mass is 129 g/mol. The summed E-state index contributed by atoms with van der Waals surface area (Å²) in [6.45, 7) is 1.54. The molecule has 0 unspecified atom stereocenters. The molecule has 50 valence electrons. The number of hydrogen-bond acceptors (Lipinski definition) is 2. The maximum atomic E-state index is 11.9. The topological polar surface area (TPSA) is 62.2 Å². The average Bonchev–Trinajstić information content (AvgIpc) is 1.83. The first-order valence-electron chi connectivity index (χ1n) is 2.33. The third-order valence-electron chi connectivity index (χ3n) is 0.529. The van der Waals surface area contributed by atoms with Gasteiger partial charge >= 0.3 is 0 Å². The number of amidine groups is 1. The number of nitrogens with zero attached hydrogens (tertiary/aromatic N) is 1. The van der Waals surface area contributed by atoms with E-state index in [2.05, 4.69) is 4.99 Å². The Bertz CT molecular complexity index is 156. The third kappa shape index (κ3) is 4.67. The van der Waals surface area contributed by atoms with Crippen LogP contribution >= 0.6 is 0 Å². The Balaban J connectivity index is 3.98. The van der Waals surface area contributed by atoms with Crippen LogP contribution < -0.4 is 5.73 Å². The second kappa shape index (κ2) is 3.77. The second-order valence-electron chi connectivity index (χ2n) is 1.43. The summed E-state index contributed by atoms with van der Waals surface area (Å²) in [6, 6.07) is 0. The summed E-state index contributed by atoms with van der Waals surface area (Å²) >= 11 is 0. The summed E-state index contributed by atoms with van der Waals surface area (Å²) in [5.74, 6) is -0.438. The number of aliphatic imine (C=N–C) groups is 1. The molecule has 0 bridgehead atoms. The normalized spacial score (nSPS) is 13.6. The largest absolute Gasteiger partial charge is 0.387 e. The molecular formula is C5H8FN3. The molecular weight excluding hydrogens is 121 g/mol. The molecule has 0 aromatic heterocycles. The highest BCUT2D eigenvalue weighted by molar-refractivity contribution is 5.79. The number of allylic oxidation sites excluding steroid dienone is 1. The van der Waals surface area contributed by atoms with E-state index in [0.717, 1.165) is 6.20 Å². The molecule has 0 aromatic carbocycles. The van der Waals surface area contributed by atoms with Crippen molar-refractivity contribution in [2.45, 2.75) is 6.92 Å². The smallest absolute Gasteiger partial charge is 0.158 e.